The summed E-state index contributed by atoms with van der Waals surface area (Å²) in [7, 11) is 1.66. The van der Waals surface area contributed by atoms with Crippen molar-refractivity contribution in [3.8, 4) is 0 Å². The average molecular weight is 631 g/mol. The average Bonchev–Trinajstić information content (AvgIpc) is 3.02. The monoisotopic (exact) mass is 630 g/mol. The molecule has 0 bridgehead atoms. The number of hydrogen-bond acceptors (Lipinski definition) is 7. The van der Waals surface area contributed by atoms with Gasteiger partial charge in [-0.05, 0) is 86.0 Å². The Labute approximate surface area is 260 Å². The number of piperidine rings is 1. The maximum absolute atomic E-state index is 15.9. The van der Waals surface area contributed by atoms with Crippen molar-refractivity contribution in [3.05, 3.63) is 50.6 Å². The van der Waals surface area contributed by atoms with Gasteiger partial charge in [-0.15, -0.1) is 0 Å². The van der Waals surface area contributed by atoms with E-state index >= 15 is 4.39 Å². The van der Waals surface area contributed by atoms with Crippen molar-refractivity contribution in [2.45, 2.75) is 77.0 Å². The van der Waals surface area contributed by atoms with E-state index in [2.05, 4.69) is 18.0 Å². The Balaban J connectivity index is 1.33. The summed E-state index contributed by atoms with van der Waals surface area (Å²) in [5.41, 5.74) is 3.11. The molecule has 4 heterocycles. The van der Waals surface area contributed by atoms with Crippen LogP contribution in [0.4, 0.5) is 16.2 Å². The molecule has 10 nitrogen and oxygen atoms in total. The lowest BCUT2D eigenvalue weighted by Gasteiger charge is -2.32. The van der Waals surface area contributed by atoms with E-state index < -0.39 is 10.2 Å². The molecule has 1 unspecified atom stereocenters. The minimum absolute atomic E-state index is 0.0322. The summed E-state index contributed by atoms with van der Waals surface area (Å²) >= 11 is 0. The third kappa shape index (κ3) is 7.18. The third-order valence-corrected chi connectivity index (χ3v) is 11.7. The molecule has 0 spiro atoms. The van der Waals surface area contributed by atoms with E-state index in [1.165, 1.54) is 4.31 Å². The first kappa shape index (κ1) is 32.6. The maximum atomic E-state index is 15.9. The molecular formula is C32H47FN6O4S. The molecule has 12 heteroatoms. The summed E-state index contributed by atoms with van der Waals surface area (Å²) in [5, 5.41) is 0. The smallest absolute Gasteiger partial charge is 0.281 e. The predicted molar refractivity (Wildman–Crippen MR) is 171 cm³/mol. The number of nitrogens with zero attached hydrogens (tertiary/aromatic N) is 5. The standard InChI is InChI=1S/C32H47FN6O4S/c1-22-7-10-25(40)13-16-38(32-34-30-27(31(41)35-32)6-5-15-37(30)4)17-14-26-28(22)20-24(21-29(26)33)9-8-23-11-18-39(19-12-23)44(42,43)36(2)3/h20-23H,5-19H2,1-4H3,(H,34,35,41). The Kier molecular flexibility index (Phi) is 10.1. The van der Waals surface area contributed by atoms with Crippen LogP contribution >= 0.6 is 0 Å². The van der Waals surface area contributed by atoms with Gasteiger partial charge < -0.3 is 9.80 Å². The molecule has 44 heavy (non-hydrogen) atoms. The van der Waals surface area contributed by atoms with Crippen LogP contribution in [-0.2, 0) is 34.3 Å². The van der Waals surface area contributed by atoms with Gasteiger partial charge in [0.15, 0.2) is 0 Å². The maximum Gasteiger partial charge on any atom is 0.281 e. The van der Waals surface area contributed by atoms with E-state index in [0.717, 1.165) is 49.8 Å². The molecule has 242 valence electrons. The van der Waals surface area contributed by atoms with Crippen LogP contribution in [0.3, 0.4) is 0 Å². The second kappa shape index (κ2) is 13.7. The van der Waals surface area contributed by atoms with Gasteiger partial charge in [0.1, 0.15) is 17.4 Å². The number of anilines is 2. The molecule has 1 fully saturated rings. The van der Waals surface area contributed by atoms with E-state index in [4.69, 9.17) is 4.98 Å². The second-order valence-electron chi connectivity index (χ2n) is 13.0. The van der Waals surface area contributed by atoms with E-state index in [-0.39, 0.29) is 23.1 Å². The fraction of sp³-hybridized carbons (Fsp3) is 0.656. The molecule has 3 aliphatic heterocycles. The highest BCUT2D eigenvalue weighted by molar-refractivity contribution is 7.86. The minimum atomic E-state index is -3.40. The highest BCUT2D eigenvalue weighted by atomic mass is 32.2. The third-order valence-electron chi connectivity index (χ3n) is 9.73. The van der Waals surface area contributed by atoms with E-state index in [9.17, 15) is 18.0 Å². The molecular weight excluding hydrogens is 583 g/mol. The molecule has 5 rings (SSSR count). The van der Waals surface area contributed by atoms with Crippen LogP contribution < -0.4 is 15.4 Å². The van der Waals surface area contributed by atoms with Crippen LogP contribution in [0, 0.1) is 11.7 Å². The number of nitrogens with one attached hydrogen (secondary N) is 1. The summed E-state index contributed by atoms with van der Waals surface area (Å²) in [5.74, 6) is 1.47. The fourth-order valence-electron chi connectivity index (χ4n) is 6.85. The SMILES string of the molecule is CC1CCC(=O)CCN(c2nc3c(c(=O)[nH]2)CCCN3C)CCc2c(F)cc(CCC3CCN(S(=O)(=O)N(C)C)CC3)cc21. The van der Waals surface area contributed by atoms with Crippen molar-refractivity contribution in [2.75, 3.05) is 63.7 Å². The Bertz CT molecular complexity index is 1520. The van der Waals surface area contributed by atoms with Crippen LogP contribution in [0.1, 0.15) is 80.0 Å². The molecule has 1 saturated heterocycles. The van der Waals surface area contributed by atoms with Gasteiger partial charge in [-0.1, -0.05) is 13.0 Å². The molecule has 0 aliphatic carbocycles. The number of H-pyrrole nitrogens is 1. The Morgan fingerprint density at radius 1 is 0.977 bits per heavy atom. The zero-order valence-corrected chi connectivity index (χ0v) is 27.4. The molecule has 1 N–H and O–H groups in total. The minimum Gasteiger partial charge on any atom is -0.359 e. The summed E-state index contributed by atoms with van der Waals surface area (Å²) < 4.78 is 43.6. The number of halogens is 1. The van der Waals surface area contributed by atoms with Crippen LogP contribution in [-0.4, -0.2) is 86.6 Å². The van der Waals surface area contributed by atoms with Crippen molar-refractivity contribution in [1.82, 2.24) is 18.6 Å². The lowest BCUT2D eigenvalue weighted by Crippen LogP contribution is -2.44. The van der Waals surface area contributed by atoms with Crippen LogP contribution in [0.25, 0.3) is 0 Å². The van der Waals surface area contributed by atoms with Gasteiger partial charge >= 0.3 is 0 Å². The van der Waals surface area contributed by atoms with Crippen LogP contribution in [0.15, 0.2) is 16.9 Å². The zero-order valence-electron chi connectivity index (χ0n) is 26.6. The Hall–Kier alpha value is -2.83. The molecule has 3 aliphatic rings. The van der Waals surface area contributed by atoms with Gasteiger partial charge in [-0.25, -0.2) is 4.39 Å². The number of aromatic nitrogens is 2. The van der Waals surface area contributed by atoms with Crippen molar-refractivity contribution in [2.24, 2.45) is 5.92 Å². The highest BCUT2D eigenvalue weighted by Crippen LogP contribution is 2.32. The molecule has 1 aromatic heterocycles. The Morgan fingerprint density at radius 2 is 1.70 bits per heavy atom. The van der Waals surface area contributed by atoms with Gasteiger partial charge in [-0.3, -0.25) is 14.6 Å². The molecule has 2 aromatic rings. The quantitative estimate of drug-likeness (QED) is 0.519. The summed E-state index contributed by atoms with van der Waals surface area (Å²) in [6, 6.07) is 3.77. The van der Waals surface area contributed by atoms with E-state index in [1.54, 1.807) is 24.5 Å². The summed E-state index contributed by atoms with van der Waals surface area (Å²) in [6.07, 6.45) is 6.66. The number of benzene rings is 1. The first-order valence-electron chi connectivity index (χ1n) is 16.0. The van der Waals surface area contributed by atoms with Crippen LogP contribution in [0.5, 0.6) is 0 Å². The molecule has 1 aromatic carbocycles. The van der Waals surface area contributed by atoms with Crippen molar-refractivity contribution >= 4 is 27.8 Å². The number of aromatic amines is 1. The predicted octanol–water partition coefficient (Wildman–Crippen LogP) is 3.65. The molecule has 0 amide bonds. The highest BCUT2D eigenvalue weighted by Gasteiger charge is 2.30. The number of hydrogen-bond donors (Lipinski definition) is 1. The lowest BCUT2D eigenvalue weighted by atomic mass is 9.86. The molecule has 0 radical (unpaired) electrons. The number of ketones is 1. The number of Topliss-reactive ketones (excluding diaryl/α,β-unsaturated/α-hetero) is 1. The largest absolute Gasteiger partial charge is 0.359 e. The van der Waals surface area contributed by atoms with Crippen molar-refractivity contribution in [3.63, 3.8) is 0 Å². The van der Waals surface area contributed by atoms with Gasteiger partial charge in [0.25, 0.3) is 15.8 Å². The number of rotatable bonds is 6. The first-order chi connectivity index (χ1) is 20.9. The van der Waals surface area contributed by atoms with Crippen molar-refractivity contribution < 1.29 is 17.6 Å². The Morgan fingerprint density at radius 3 is 2.43 bits per heavy atom. The van der Waals surface area contributed by atoms with Crippen LogP contribution in [0.2, 0.25) is 0 Å². The number of carbonyl (C=O) groups excluding carboxylic acids is 1. The van der Waals surface area contributed by atoms with Crippen molar-refractivity contribution in [1.29, 1.82) is 0 Å². The number of aryl methyl sites for hydroxylation is 1. The van der Waals surface area contributed by atoms with E-state index in [0.29, 0.717) is 87.1 Å². The first-order valence-corrected chi connectivity index (χ1v) is 17.4. The second-order valence-corrected chi connectivity index (χ2v) is 15.1. The van der Waals surface area contributed by atoms with Gasteiger partial charge in [-0.2, -0.15) is 22.0 Å². The topological polar surface area (TPSA) is 110 Å². The molecule has 1 atom stereocenters. The summed E-state index contributed by atoms with van der Waals surface area (Å²) in [4.78, 5) is 37.5. The zero-order chi connectivity index (χ0) is 31.6. The number of carbonyl (C=O) groups is 1. The normalized spacial score (nSPS) is 21.2. The van der Waals surface area contributed by atoms with Gasteiger partial charge in [0.05, 0.1) is 5.56 Å². The fourth-order valence-corrected chi connectivity index (χ4v) is 7.98. The van der Waals surface area contributed by atoms with Gasteiger partial charge in [0.2, 0.25) is 5.95 Å². The number of fused-ring (bicyclic) bond motifs is 2. The lowest BCUT2D eigenvalue weighted by molar-refractivity contribution is -0.119. The summed E-state index contributed by atoms with van der Waals surface area (Å²) in [6.45, 7) is 4.77. The van der Waals surface area contributed by atoms with Gasteiger partial charge in [0, 0.05) is 66.7 Å². The van der Waals surface area contributed by atoms with E-state index in [1.807, 2.05) is 16.8 Å². The molecule has 0 saturated carbocycles.